The lowest BCUT2D eigenvalue weighted by molar-refractivity contribution is -0.117. The van der Waals surface area contributed by atoms with Gasteiger partial charge in [0.25, 0.3) is 0 Å². The second-order valence-corrected chi connectivity index (χ2v) is 10.4. The van der Waals surface area contributed by atoms with Gasteiger partial charge in [-0.2, -0.15) is 0 Å². The smallest absolute Gasteiger partial charge is 0.228 e. The zero-order chi connectivity index (χ0) is 22.4. The monoisotopic (exact) mass is 459 g/mol. The van der Waals surface area contributed by atoms with Crippen LogP contribution in [0.4, 0.5) is 0 Å². The summed E-state index contributed by atoms with van der Waals surface area (Å²) >= 11 is 6.17. The molecular weight excluding hydrogens is 434 g/mol. The molecule has 0 amide bonds. The summed E-state index contributed by atoms with van der Waals surface area (Å²) in [6.45, 7) is 3.64. The van der Waals surface area contributed by atoms with Gasteiger partial charge < -0.3 is 4.42 Å². The van der Waals surface area contributed by atoms with Crippen molar-refractivity contribution < 1.29 is 17.6 Å². The molecule has 2 aromatic carbocycles. The van der Waals surface area contributed by atoms with E-state index in [-0.39, 0.29) is 29.8 Å². The molecule has 0 aliphatic rings. The molecule has 3 rings (SSSR count). The average Bonchev–Trinajstić information content (AvgIpc) is 3.06. The van der Waals surface area contributed by atoms with Gasteiger partial charge in [0.05, 0.1) is 22.0 Å². The second-order valence-electron chi connectivity index (χ2n) is 7.91. The summed E-state index contributed by atoms with van der Waals surface area (Å²) in [5.74, 6) is -0.305. The van der Waals surface area contributed by atoms with Crippen LogP contribution in [-0.2, 0) is 26.8 Å². The lowest BCUT2D eigenvalue weighted by atomic mass is 9.97. The number of halogens is 1. The number of carbonyl (C=O) groups is 1. The van der Waals surface area contributed by atoms with E-state index in [1.54, 1.807) is 31.2 Å². The van der Waals surface area contributed by atoms with E-state index in [4.69, 9.17) is 16.0 Å². The first kappa shape index (κ1) is 23.2. The molecule has 1 atom stereocenters. The molecule has 0 fully saturated rings. The summed E-state index contributed by atoms with van der Waals surface area (Å²) in [7, 11) is -3.65. The van der Waals surface area contributed by atoms with E-state index in [0.29, 0.717) is 22.0 Å². The molecule has 1 aromatic heterocycles. The van der Waals surface area contributed by atoms with E-state index >= 15 is 0 Å². The fraction of sp³-hybridized carbons (Fsp3) is 0.333. The van der Waals surface area contributed by atoms with Gasteiger partial charge >= 0.3 is 0 Å². The van der Waals surface area contributed by atoms with Gasteiger partial charge in [0.1, 0.15) is 17.3 Å². The van der Waals surface area contributed by atoms with Crippen LogP contribution in [0.5, 0.6) is 0 Å². The Balaban J connectivity index is 1.57. The number of nitrogens with zero attached hydrogens (tertiary/aromatic N) is 1. The van der Waals surface area contributed by atoms with Crippen LogP contribution < -0.4 is 0 Å². The van der Waals surface area contributed by atoms with E-state index in [1.165, 1.54) is 5.56 Å². The highest BCUT2D eigenvalue weighted by atomic mass is 35.5. The van der Waals surface area contributed by atoms with Crippen molar-refractivity contribution in [3.05, 3.63) is 76.6 Å². The quantitative estimate of drug-likeness (QED) is 0.403. The number of Topliss-reactive ketones (excluding diaryl/α,β-unsaturated/α-hetero) is 1. The Bertz CT molecular complexity index is 1140. The fourth-order valence-corrected chi connectivity index (χ4v) is 5.04. The molecule has 0 saturated heterocycles. The third-order valence-electron chi connectivity index (χ3n) is 5.08. The van der Waals surface area contributed by atoms with Gasteiger partial charge in [-0.05, 0) is 43.4 Å². The zero-order valence-electron chi connectivity index (χ0n) is 17.7. The Morgan fingerprint density at radius 3 is 2.48 bits per heavy atom. The van der Waals surface area contributed by atoms with E-state index in [1.807, 2.05) is 25.1 Å². The number of aryl methyl sites for hydroxylation is 2. The van der Waals surface area contributed by atoms with Crippen molar-refractivity contribution in [2.45, 2.75) is 38.9 Å². The third kappa shape index (κ3) is 6.77. The summed E-state index contributed by atoms with van der Waals surface area (Å²) < 4.78 is 30.8. The molecule has 0 spiro atoms. The predicted octanol–water partition coefficient (Wildman–Crippen LogP) is 5.45. The van der Waals surface area contributed by atoms with Crippen LogP contribution in [0.2, 0.25) is 5.02 Å². The van der Waals surface area contributed by atoms with Gasteiger partial charge in [-0.25, -0.2) is 13.4 Å². The molecule has 0 aliphatic heterocycles. The van der Waals surface area contributed by atoms with Crippen molar-refractivity contribution >= 4 is 27.2 Å². The van der Waals surface area contributed by atoms with Crippen molar-refractivity contribution in [2.75, 3.05) is 5.75 Å². The number of rotatable bonds is 10. The third-order valence-corrected chi connectivity index (χ3v) is 6.88. The SMILES string of the molecule is Cc1oc(-c2ccccc2Cl)nc1CS(=O)(=O)CC(=O)CC(C)CCc1ccccc1. The maximum Gasteiger partial charge on any atom is 0.228 e. The molecule has 0 radical (unpaired) electrons. The van der Waals surface area contributed by atoms with Crippen molar-refractivity contribution in [1.82, 2.24) is 4.98 Å². The summed E-state index contributed by atoms with van der Waals surface area (Å²) in [6, 6.07) is 17.1. The standard InChI is InChI=1S/C24H26ClNO4S/c1-17(12-13-19-8-4-3-5-9-19)14-20(27)15-31(28,29)16-23-18(2)30-24(26-23)21-10-6-7-11-22(21)25/h3-11,17H,12-16H2,1-2H3. The molecular formula is C24H26ClNO4S. The topological polar surface area (TPSA) is 77.2 Å². The highest BCUT2D eigenvalue weighted by Gasteiger charge is 2.23. The lowest BCUT2D eigenvalue weighted by Gasteiger charge is -2.10. The minimum absolute atomic E-state index is 0.114. The van der Waals surface area contributed by atoms with Crippen molar-refractivity contribution in [1.29, 1.82) is 0 Å². The molecule has 1 heterocycles. The van der Waals surface area contributed by atoms with E-state index in [9.17, 15) is 13.2 Å². The fourth-order valence-electron chi connectivity index (χ4n) is 3.42. The largest absolute Gasteiger partial charge is 0.441 e. The van der Waals surface area contributed by atoms with Crippen molar-refractivity contribution in [3.8, 4) is 11.5 Å². The number of hydrogen-bond acceptors (Lipinski definition) is 5. The van der Waals surface area contributed by atoms with Gasteiger partial charge in [-0.15, -0.1) is 0 Å². The molecule has 7 heteroatoms. The molecule has 3 aromatic rings. The van der Waals surface area contributed by atoms with Crippen LogP contribution in [0.15, 0.2) is 59.0 Å². The Kier molecular flexibility index (Phi) is 7.68. The number of ketones is 1. The summed E-state index contributed by atoms with van der Waals surface area (Å²) in [6.07, 6.45) is 1.94. The molecule has 1 unspecified atom stereocenters. The van der Waals surface area contributed by atoms with Gasteiger partial charge in [0, 0.05) is 6.42 Å². The van der Waals surface area contributed by atoms with E-state index in [2.05, 4.69) is 17.1 Å². The Morgan fingerprint density at radius 1 is 1.10 bits per heavy atom. The molecule has 0 saturated carbocycles. The van der Waals surface area contributed by atoms with Crippen LogP contribution in [0, 0.1) is 12.8 Å². The number of hydrogen-bond donors (Lipinski definition) is 0. The number of aromatic nitrogens is 1. The summed E-state index contributed by atoms with van der Waals surface area (Å²) in [5.41, 5.74) is 2.12. The lowest BCUT2D eigenvalue weighted by Crippen LogP contribution is -2.20. The van der Waals surface area contributed by atoms with E-state index in [0.717, 1.165) is 12.8 Å². The highest BCUT2D eigenvalue weighted by Crippen LogP contribution is 2.29. The molecule has 0 N–H and O–H groups in total. The first-order valence-corrected chi connectivity index (χ1v) is 12.4. The van der Waals surface area contributed by atoms with Crippen LogP contribution in [0.1, 0.15) is 36.8 Å². The van der Waals surface area contributed by atoms with Crippen LogP contribution in [0.3, 0.4) is 0 Å². The van der Waals surface area contributed by atoms with Crippen molar-refractivity contribution in [2.24, 2.45) is 5.92 Å². The van der Waals surface area contributed by atoms with Crippen LogP contribution in [0.25, 0.3) is 11.5 Å². The van der Waals surface area contributed by atoms with Gasteiger partial charge in [-0.1, -0.05) is 61.0 Å². The first-order chi connectivity index (χ1) is 14.7. The summed E-state index contributed by atoms with van der Waals surface area (Å²) in [5, 5.41) is 0.470. The average molecular weight is 460 g/mol. The molecule has 164 valence electrons. The highest BCUT2D eigenvalue weighted by molar-refractivity contribution is 7.91. The maximum atomic E-state index is 12.6. The van der Waals surface area contributed by atoms with Crippen LogP contribution >= 0.6 is 11.6 Å². The Morgan fingerprint density at radius 2 is 1.77 bits per heavy atom. The number of oxazole rings is 1. The minimum Gasteiger partial charge on any atom is -0.441 e. The maximum absolute atomic E-state index is 12.6. The minimum atomic E-state index is -3.65. The van der Waals surface area contributed by atoms with Crippen LogP contribution in [-0.4, -0.2) is 24.9 Å². The molecule has 5 nitrogen and oxygen atoms in total. The van der Waals surface area contributed by atoms with Gasteiger partial charge in [0.15, 0.2) is 9.84 Å². The molecule has 0 bridgehead atoms. The number of carbonyl (C=O) groups excluding carboxylic acids is 1. The van der Waals surface area contributed by atoms with E-state index < -0.39 is 15.6 Å². The van der Waals surface area contributed by atoms with Gasteiger partial charge in [0.2, 0.25) is 5.89 Å². The first-order valence-electron chi connectivity index (χ1n) is 10.2. The Labute approximate surface area is 188 Å². The summed E-state index contributed by atoms with van der Waals surface area (Å²) in [4.78, 5) is 16.7. The Hall–Kier alpha value is -2.44. The number of benzene rings is 2. The number of sulfone groups is 1. The predicted molar refractivity (Wildman–Crippen MR) is 123 cm³/mol. The van der Waals surface area contributed by atoms with Gasteiger partial charge in [-0.3, -0.25) is 4.79 Å². The zero-order valence-corrected chi connectivity index (χ0v) is 19.2. The molecule has 0 aliphatic carbocycles. The van der Waals surface area contributed by atoms with Crippen molar-refractivity contribution in [3.63, 3.8) is 0 Å². The molecule has 31 heavy (non-hydrogen) atoms. The second kappa shape index (κ2) is 10.2. The normalized spacial score (nSPS) is 12.6.